The average molecular weight is 386 g/mol. The molecule has 0 radical (unpaired) electrons. The molecule has 1 aromatic carbocycles. The van der Waals surface area contributed by atoms with E-state index in [4.69, 9.17) is 16.3 Å². The Kier molecular flexibility index (Phi) is 5.48. The van der Waals surface area contributed by atoms with Gasteiger partial charge in [-0.05, 0) is 31.2 Å². The number of nitrogens with one attached hydrogen (secondary N) is 1. The van der Waals surface area contributed by atoms with Gasteiger partial charge in [-0.25, -0.2) is 13.2 Å². The van der Waals surface area contributed by atoms with Gasteiger partial charge in [0.25, 0.3) is 5.91 Å². The number of aryl methyl sites for hydroxylation is 2. The van der Waals surface area contributed by atoms with Crippen LogP contribution >= 0.6 is 11.6 Å². The van der Waals surface area contributed by atoms with E-state index in [1.165, 1.54) is 28.9 Å². The molecular weight excluding hydrogens is 370 g/mol. The summed E-state index contributed by atoms with van der Waals surface area (Å²) in [6.45, 7) is 1.09. The summed E-state index contributed by atoms with van der Waals surface area (Å²) in [6.07, 6.45) is 1.09. The number of anilines is 1. The van der Waals surface area contributed by atoms with Crippen LogP contribution in [0, 0.1) is 6.92 Å². The number of aromatic nitrogens is 2. The van der Waals surface area contributed by atoms with Crippen LogP contribution in [0.15, 0.2) is 29.2 Å². The molecule has 0 saturated carbocycles. The maximum Gasteiger partial charge on any atom is 0.343 e. The summed E-state index contributed by atoms with van der Waals surface area (Å²) in [5.41, 5.74) is 0.882. The van der Waals surface area contributed by atoms with Gasteiger partial charge < -0.3 is 10.1 Å². The molecule has 8 nitrogen and oxygen atoms in total. The van der Waals surface area contributed by atoms with Gasteiger partial charge in [-0.3, -0.25) is 9.48 Å². The molecule has 0 aliphatic rings. The minimum Gasteiger partial charge on any atom is -0.452 e. The summed E-state index contributed by atoms with van der Waals surface area (Å²) in [7, 11) is -1.73. The summed E-state index contributed by atoms with van der Waals surface area (Å²) < 4.78 is 29.0. The number of hydrogen-bond acceptors (Lipinski definition) is 6. The van der Waals surface area contributed by atoms with Crippen LogP contribution in [0.4, 0.5) is 5.69 Å². The molecule has 0 aliphatic carbocycles. The SMILES string of the molecule is Cc1nn(C)c(Cl)c1C(=O)OCC(=O)Nc1ccc(S(C)(=O)=O)cc1. The molecule has 1 heterocycles. The van der Waals surface area contributed by atoms with Crippen LogP contribution in [0.1, 0.15) is 16.1 Å². The predicted molar refractivity (Wildman–Crippen MR) is 91.4 cm³/mol. The van der Waals surface area contributed by atoms with Gasteiger partial charge >= 0.3 is 5.97 Å². The molecule has 25 heavy (non-hydrogen) atoms. The molecule has 1 N–H and O–H groups in total. The standard InChI is InChI=1S/C15H16ClN3O5S/c1-9-13(14(16)19(2)18-9)15(21)24-8-12(20)17-10-4-6-11(7-5-10)25(3,22)23/h4-7H,8H2,1-3H3,(H,17,20). The molecule has 2 aromatic rings. The van der Waals surface area contributed by atoms with Crippen LogP contribution in [0.2, 0.25) is 5.15 Å². The Morgan fingerprint density at radius 2 is 1.88 bits per heavy atom. The molecule has 1 aromatic heterocycles. The van der Waals surface area contributed by atoms with Crippen molar-refractivity contribution in [1.82, 2.24) is 9.78 Å². The minimum absolute atomic E-state index is 0.106. The zero-order valence-electron chi connectivity index (χ0n) is 13.7. The molecule has 0 bridgehead atoms. The van der Waals surface area contributed by atoms with Crippen molar-refractivity contribution in [2.75, 3.05) is 18.2 Å². The van der Waals surface area contributed by atoms with E-state index in [0.29, 0.717) is 11.4 Å². The maximum atomic E-state index is 12.0. The highest BCUT2D eigenvalue weighted by atomic mass is 35.5. The minimum atomic E-state index is -3.31. The molecule has 0 saturated heterocycles. The van der Waals surface area contributed by atoms with Gasteiger partial charge in [0.05, 0.1) is 10.6 Å². The summed E-state index contributed by atoms with van der Waals surface area (Å²) in [4.78, 5) is 24.0. The van der Waals surface area contributed by atoms with Gasteiger partial charge in [-0.1, -0.05) is 11.6 Å². The normalized spacial score (nSPS) is 11.2. The van der Waals surface area contributed by atoms with Crippen molar-refractivity contribution in [2.24, 2.45) is 7.05 Å². The van der Waals surface area contributed by atoms with Crippen LogP contribution < -0.4 is 5.32 Å². The summed E-state index contributed by atoms with van der Waals surface area (Å²) in [5.74, 6) is -1.32. The number of hydrogen-bond donors (Lipinski definition) is 1. The zero-order chi connectivity index (χ0) is 18.8. The van der Waals surface area contributed by atoms with Crippen LogP contribution in [-0.2, 0) is 26.4 Å². The fraction of sp³-hybridized carbons (Fsp3) is 0.267. The highest BCUT2D eigenvalue weighted by molar-refractivity contribution is 7.90. The molecular formula is C15H16ClN3O5S. The first-order valence-electron chi connectivity index (χ1n) is 7.06. The molecule has 134 valence electrons. The number of ether oxygens (including phenoxy) is 1. The second-order valence-corrected chi connectivity index (χ2v) is 7.67. The first kappa shape index (κ1) is 18.9. The van der Waals surface area contributed by atoms with Crippen molar-refractivity contribution >= 4 is 39.0 Å². The lowest BCUT2D eigenvalue weighted by Gasteiger charge is -2.07. The Morgan fingerprint density at radius 3 is 2.36 bits per heavy atom. The fourth-order valence-electron chi connectivity index (χ4n) is 2.05. The Balaban J connectivity index is 1.95. The van der Waals surface area contributed by atoms with Crippen LogP contribution in [0.25, 0.3) is 0 Å². The third kappa shape index (κ3) is 4.58. The highest BCUT2D eigenvalue weighted by Crippen LogP contribution is 2.19. The number of carbonyl (C=O) groups excluding carboxylic acids is 2. The number of esters is 1. The number of amides is 1. The van der Waals surface area contributed by atoms with Gasteiger partial charge in [0, 0.05) is 19.0 Å². The number of carbonyl (C=O) groups is 2. The van der Waals surface area contributed by atoms with Gasteiger partial charge in [0.1, 0.15) is 10.7 Å². The highest BCUT2D eigenvalue weighted by Gasteiger charge is 2.21. The van der Waals surface area contributed by atoms with Crippen LogP contribution in [-0.4, -0.2) is 42.9 Å². The molecule has 0 aliphatic heterocycles. The van der Waals surface area contributed by atoms with E-state index in [1.807, 2.05) is 0 Å². The van der Waals surface area contributed by atoms with Crippen molar-refractivity contribution in [3.8, 4) is 0 Å². The van der Waals surface area contributed by atoms with Gasteiger partial charge in [-0.15, -0.1) is 0 Å². The lowest BCUT2D eigenvalue weighted by atomic mass is 10.3. The fourth-order valence-corrected chi connectivity index (χ4v) is 2.93. The number of benzene rings is 1. The monoisotopic (exact) mass is 385 g/mol. The van der Waals surface area contributed by atoms with E-state index < -0.39 is 28.3 Å². The van der Waals surface area contributed by atoms with Crippen molar-refractivity contribution in [2.45, 2.75) is 11.8 Å². The first-order valence-corrected chi connectivity index (χ1v) is 9.32. The third-order valence-electron chi connectivity index (χ3n) is 3.26. The van der Waals surface area contributed by atoms with Crippen molar-refractivity contribution in [1.29, 1.82) is 0 Å². The summed E-state index contributed by atoms with van der Waals surface area (Å²) >= 11 is 5.96. The predicted octanol–water partition coefficient (Wildman–Crippen LogP) is 1.58. The zero-order valence-corrected chi connectivity index (χ0v) is 15.3. The molecule has 0 fully saturated rings. The third-order valence-corrected chi connectivity index (χ3v) is 4.82. The number of halogens is 1. The molecule has 2 rings (SSSR count). The number of sulfone groups is 1. The quantitative estimate of drug-likeness (QED) is 0.783. The molecule has 0 unspecified atom stereocenters. The largest absolute Gasteiger partial charge is 0.452 e. The van der Waals surface area contributed by atoms with Crippen molar-refractivity contribution in [3.63, 3.8) is 0 Å². The van der Waals surface area contributed by atoms with Crippen LogP contribution in [0.3, 0.4) is 0 Å². The smallest absolute Gasteiger partial charge is 0.343 e. The first-order chi connectivity index (χ1) is 11.6. The van der Waals surface area contributed by atoms with E-state index in [1.54, 1.807) is 14.0 Å². The molecule has 0 atom stereocenters. The van der Waals surface area contributed by atoms with E-state index in [2.05, 4.69) is 10.4 Å². The van der Waals surface area contributed by atoms with Crippen molar-refractivity contribution in [3.05, 3.63) is 40.7 Å². The molecule has 0 spiro atoms. The second kappa shape index (κ2) is 7.24. The average Bonchev–Trinajstić information content (AvgIpc) is 2.77. The Labute approximate surface area is 149 Å². The number of rotatable bonds is 5. The van der Waals surface area contributed by atoms with E-state index in [0.717, 1.165) is 6.26 Å². The molecule has 1 amide bonds. The van der Waals surface area contributed by atoms with Crippen molar-refractivity contribution < 1.29 is 22.7 Å². The van der Waals surface area contributed by atoms with E-state index >= 15 is 0 Å². The van der Waals surface area contributed by atoms with Gasteiger partial charge in [-0.2, -0.15) is 5.10 Å². The lowest BCUT2D eigenvalue weighted by Crippen LogP contribution is -2.21. The summed E-state index contributed by atoms with van der Waals surface area (Å²) in [6, 6.07) is 5.63. The van der Waals surface area contributed by atoms with E-state index in [9.17, 15) is 18.0 Å². The van der Waals surface area contributed by atoms with Gasteiger partial charge in [0.2, 0.25) is 0 Å². The van der Waals surface area contributed by atoms with Gasteiger partial charge in [0.15, 0.2) is 16.4 Å². The number of nitrogens with zero attached hydrogens (tertiary/aromatic N) is 2. The topological polar surface area (TPSA) is 107 Å². The second-order valence-electron chi connectivity index (χ2n) is 5.30. The maximum absolute atomic E-state index is 12.0. The lowest BCUT2D eigenvalue weighted by molar-refractivity contribution is -0.119. The molecule has 10 heteroatoms. The van der Waals surface area contributed by atoms with Crippen LogP contribution in [0.5, 0.6) is 0 Å². The Morgan fingerprint density at radius 1 is 1.28 bits per heavy atom. The Bertz CT molecular complexity index is 919. The Hall–Kier alpha value is -2.39. The summed E-state index contributed by atoms with van der Waals surface area (Å²) in [5, 5.41) is 6.61. The van der Waals surface area contributed by atoms with E-state index in [-0.39, 0.29) is 15.6 Å².